The van der Waals surface area contributed by atoms with Gasteiger partial charge < -0.3 is 20.1 Å². The summed E-state index contributed by atoms with van der Waals surface area (Å²) in [5, 5.41) is 6.63. The molecule has 2 heterocycles. The number of nitrogens with one attached hydrogen (secondary N) is 2. The van der Waals surface area contributed by atoms with Gasteiger partial charge in [-0.25, -0.2) is 0 Å². The third-order valence-electron chi connectivity index (χ3n) is 3.37. The van der Waals surface area contributed by atoms with Crippen molar-refractivity contribution in [2.75, 3.05) is 39.4 Å². The molecule has 1 atom stereocenters. The van der Waals surface area contributed by atoms with Crippen LogP contribution in [-0.4, -0.2) is 51.1 Å². The Morgan fingerprint density at radius 1 is 1.44 bits per heavy atom. The van der Waals surface area contributed by atoms with Crippen LogP contribution in [0.3, 0.4) is 0 Å². The van der Waals surface area contributed by atoms with E-state index in [-0.39, 0.29) is 5.60 Å². The van der Waals surface area contributed by atoms with Gasteiger partial charge in [0.1, 0.15) is 0 Å². The third kappa shape index (κ3) is 3.70. The fourth-order valence-corrected chi connectivity index (χ4v) is 2.18. The maximum atomic E-state index is 5.79. The van der Waals surface area contributed by atoms with Gasteiger partial charge in [-0.3, -0.25) is 0 Å². The molecule has 16 heavy (non-hydrogen) atoms. The van der Waals surface area contributed by atoms with Crippen LogP contribution in [0.2, 0.25) is 0 Å². The van der Waals surface area contributed by atoms with Crippen molar-refractivity contribution in [3.05, 3.63) is 0 Å². The van der Waals surface area contributed by atoms with Gasteiger partial charge in [0.2, 0.25) is 0 Å². The Labute approximate surface area is 98.1 Å². The van der Waals surface area contributed by atoms with Crippen LogP contribution in [0, 0.1) is 0 Å². The second-order valence-corrected chi connectivity index (χ2v) is 5.09. The summed E-state index contributed by atoms with van der Waals surface area (Å²) in [5.41, 5.74) is 0.0863. The minimum Gasteiger partial charge on any atom is -0.377 e. The highest BCUT2D eigenvalue weighted by Gasteiger charge is 2.31. The van der Waals surface area contributed by atoms with Gasteiger partial charge in [-0.2, -0.15) is 0 Å². The Hall–Kier alpha value is -0.160. The molecule has 0 radical (unpaired) electrons. The summed E-state index contributed by atoms with van der Waals surface area (Å²) in [6.07, 6.45) is 4.17. The molecular weight excluding hydrogens is 204 g/mol. The second-order valence-electron chi connectivity index (χ2n) is 5.09. The SMILES string of the molecule is CC1(OCCNCC2CCCCO2)CNC1. The molecule has 2 fully saturated rings. The lowest BCUT2D eigenvalue weighted by atomic mass is 10.0. The molecule has 0 aliphatic carbocycles. The highest BCUT2D eigenvalue weighted by molar-refractivity contribution is 4.90. The zero-order valence-electron chi connectivity index (χ0n) is 10.3. The van der Waals surface area contributed by atoms with Crippen LogP contribution >= 0.6 is 0 Å². The minimum absolute atomic E-state index is 0.0863. The summed E-state index contributed by atoms with van der Waals surface area (Å²) in [7, 11) is 0. The standard InChI is InChI=1S/C12H24N2O2/c1-12(9-14-10-12)16-7-5-13-8-11-4-2-3-6-15-11/h11,13-14H,2-10H2,1H3. The summed E-state index contributed by atoms with van der Waals surface area (Å²) in [5.74, 6) is 0. The van der Waals surface area contributed by atoms with E-state index in [9.17, 15) is 0 Å². The normalized spacial score (nSPS) is 28.7. The molecule has 2 aliphatic rings. The first-order valence-electron chi connectivity index (χ1n) is 6.45. The van der Waals surface area contributed by atoms with Crippen molar-refractivity contribution in [1.29, 1.82) is 0 Å². The Kier molecular flexibility index (Phi) is 4.58. The van der Waals surface area contributed by atoms with Gasteiger partial charge in [0.05, 0.1) is 18.3 Å². The van der Waals surface area contributed by atoms with E-state index in [1.807, 2.05) is 0 Å². The summed E-state index contributed by atoms with van der Waals surface area (Å²) in [6.45, 7) is 7.76. The van der Waals surface area contributed by atoms with E-state index in [4.69, 9.17) is 9.47 Å². The fourth-order valence-electron chi connectivity index (χ4n) is 2.18. The molecule has 0 aromatic carbocycles. The molecule has 2 saturated heterocycles. The lowest BCUT2D eigenvalue weighted by Gasteiger charge is -2.39. The van der Waals surface area contributed by atoms with E-state index in [0.717, 1.165) is 39.4 Å². The Balaban J connectivity index is 1.45. The van der Waals surface area contributed by atoms with Crippen LogP contribution in [0.25, 0.3) is 0 Å². The van der Waals surface area contributed by atoms with E-state index in [1.165, 1.54) is 19.3 Å². The molecule has 2 rings (SSSR count). The smallest absolute Gasteiger partial charge is 0.0902 e. The first-order valence-corrected chi connectivity index (χ1v) is 6.45. The van der Waals surface area contributed by atoms with E-state index in [2.05, 4.69) is 17.6 Å². The molecule has 2 N–H and O–H groups in total. The summed E-state index contributed by atoms with van der Waals surface area (Å²) < 4.78 is 11.4. The molecule has 0 amide bonds. The van der Waals surface area contributed by atoms with Gasteiger partial charge in [0, 0.05) is 32.8 Å². The zero-order chi connectivity index (χ0) is 11.3. The van der Waals surface area contributed by atoms with E-state index < -0.39 is 0 Å². The third-order valence-corrected chi connectivity index (χ3v) is 3.37. The molecule has 1 unspecified atom stereocenters. The zero-order valence-corrected chi connectivity index (χ0v) is 10.3. The minimum atomic E-state index is 0.0863. The predicted molar refractivity (Wildman–Crippen MR) is 63.7 cm³/mol. The van der Waals surface area contributed by atoms with Crippen molar-refractivity contribution in [1.82, 2.24) is 10.6 Å². The summed E-state index contributed by atoms with van der Waals surface area (Å²) >= 11 is 0. The van der Waals surface area contributed by atoms with Crippen molar-refractivity contribution in [3.63, 3.8) is 0 Å². The van der Waals surface area contributed by atoms with E-state index in [0.29, 0.717) is 6.10 Å². The largest absolute Gasteiger partial charge is 0.377 e. The fraction of sp³-hybridized carbons (Fsp3) is 1.00. The highest BCUT2D eigenvalue weighted by atomic mass is 16.5. The molecule has 0 aromatic heterocycles. The predicted octanol–water partition coefficient (Wildman–Crippen LogP) is 0.524. The van der Waals surface area contributed by atoms with Crippen molar-refractivity contribution < 1.29 is 9.47 Å². The van der Waals surface area contributed by atoms with Crippen molar-refractivity contribution in [2.45, 2.75) is 37.9 Å². The van der Waals surface area contributed by atoms with Crippen LogP contribution < -0.4 is 10.6 Å². The lowest BCUT2D eigenvalue weighted by Crippen LogP contribution is -2.59. The lowest BCUT2D eigenvalue weighted by molar-refractivity contribution is -0.0657. The molecular formula is C12H24N2O2. The molecule has 0 bridgehead atoms. The maximum Gasteiger partial charge on any atom is 0.0902 e. The summed E-state index contributed by atoms with van der Waals surface area (Å²) in [6, 6.07) is 0. The van der Waals surface area contributed by atoms with E-state index in [1.54, 1.807) is 0 Å². The van der Waals surface area contributed by atoms with E-state index >= 15 is 0 Å². The van der Waals surface area contributed by atoms with Gasteiger partial charge in [-0.1, -0.05) is 0 Å². The Morgan fingerprint density at radius 2 is 2.31 bits per heavy atom. The van der Waals surface area contributed by atoms with Crippen LogP contribution in [0.15, 0.2) is 0 Å². The first kappa shape index (κ1) is 12.3. The first-order chi connectivity index (χ1) is 7.79. The van der Waals surface area contributed by atoms with Gasteiger partial charge >= 0.3 is 0 Å². The molecule has 4 nitrogen and oxygen atoms in total. The molecule has 4 heteroatoms. The second kappa shape index (κ2) is 5.96. The average Bonchev–Trinajstić information content (AvgIpc) is 2.28. The average molecular weight is 228 g/mol. The quantitative estimate of drug-likeness (QED) is 0.651. The molecule has 2 aliphatic heterocycles. The van der Waals surface area contributed by atoms with Crippen LogP contribution in [0.5, 0.6) is 0 Å². The highest BCUT2D eigenvalue weighted by Crippen LogP contribution is 2.14. The molecule has 0 saturated carbocycles. The van der Waals surface area contributed by atoms with Crippen LogP contribution in [0.4, 0.5) is 0 Å². The van der Waals surface area contributed by atoms with Crippen LogP contribution in [0.1, 0.15) is 26.2 Å². The maximum absolute atomic E-state index is 5.79. The van der Waals surface area contributed by atoms with Gasteiger partial charge in [0.15, 0.2) is 0 Å². The number of ether oxygens (including phenoxy) is 2. The Bertz CT molecular complexity index is 201. The van der Waals surface area contributed by atoms with Crippen molar-refractivity contribution in [2.24, 2.45) is 0 Å². The molecule has 0 spiro atoms. The van der Waals surface area contributed by atoms with Crippen molar-refractivity contribution in [3.8, 4) is 0 Å². The van der Waals surface area contributed by atoms with Gasteiger partial charge in [-0.15, -0.1) is 0 Å². The van der Waals surface area contributed by atoms with Gasteiger partial charge in [0.25, 0.3) is 0 Å². The van der Waals surface area contributed by atoms with Gasteiger partial charge in [-0.05, 0) is 26.2 Å². The topological polar surface area (TPSA) is 42.5 Å². The number of rotatable bonds is 6. The van der Waals surface area contributed by atoms with Crippen molar-refractivity contribution >= 4 is 0 Å². The number of hydrogen-bond acceptors (Lipinski definition) is 4. The van der Waals surface area contributed by atoms with Crippen LogP contribution in [-0.2, 0) is 9.47 Å². The molecule has 94 valence electrons. The monoisotopic (exact) mass is 228 g/mol. The number of hydrogen-bond donors (Lipinski definition) is 2. The molecule has 0 aromatic rings. The Morgan fingerprint density at radius 3 is 2.94 bits per heavy atom. The summed E-state index contributed by atoms with van der Waals surface area (Å²) in [4.78, 5) is 0.